The lowest BCUT2D eigenvalue weighted by molar-refractivity contribution is -0.305. The van der Waals surface area contributed by atoms with Crippen LogP contribution in [-0.2, 0) is 23.8 Å². The van der Waals surface area contributed by atoms with E-state index in [0.29, 0.717) is 12.8 Å². The Balaban J connectivity index is 2.81. The van der Waals surface area contributed by atoms with Gasteiger partial charge in [0.2, 0.25) is 5.91 Å². The average Bonchev–Trinajstić information content (AvgIpc) is 3.32. The number of rotatable bonds is 41. The highest BCUT2D eigenvalue weighted by atomic mass is 16.7. The summed E-state index contributed by atoms with van der Waals surface area (Å²) in [7, 11) is 0. The molecule has 11 heteroatoms. The number of ether oxygens (including phenoxy) is 3. The molecule has 1 fully saturated rings. The fraction of sp³-hybridized carbons (Fsp3) is 0.679. The van der Waals surface area contributed by atoms with Crippen LogP contribution in [0.25, 0.3) is 0 Å². The van der Waals surface area contributed by atoms with Gasteiger partial charge in [0.15, 0.2) is 12.4 Å². The van der Waals surface area contributed by atoms with Crippen LogP contribution in [0.1, 0.15) is 181 Å². The molecule has 0 radical (unpaired) electrons. The summed E-state index contributed by atoms with van der Waals surface area (Å²) in [4.78, 5) is 26.3. The topological polar surface area (TPSA) is 175 Å². The van der Waals surface area contributed by atoms with E-state index in [1.165, 1.54) is 38.5 Å². The van der Waals surface area contributed by atoms with Crippen molar-refractivity contribution in [2.24, 2.45) is 0 Å². The lowest BCUT2D eigenvalue weighted by atomic mass is 9.99. The van der Waals surface area contributed by atoms with E-state index in [4.69, 9.17) is 14.2 Å². The van der Waals surface area contributed by atoms with Crippen LogP contribution in [0.15, 0.2) is 97.2 Å². The van der Waals surface area contributed by atoms with Crippen molar-refractivity contribution < 1.29 is 49.3 Å². The average molecular weight is 940 g/mol. The molecule has 11 nitrogen and oxygen atoms in total. The number of carbonyl (C=O) groups is 2. The Kier molecular flexibility index (Phi) is 40.3. The number of esters is 1. The van der Waals surface area contributed by atoms with Crippen LogP contribution in [0.3, 0.4) is 0 Å². The van der Waals surface area contributed by atoms with E-state index in [1.54, 1.807) is 6.08 Å². The van der Waals surface area contributed by atoms with Gasteiger partial charge in [0, 0.05) is 6.42 Å². The molecule has 0 saturated carbocycles. The minimum atomic E-state index is -1.63. The molecular weight excluding hydrogens is 847 g/mol. The highest BCUT2D eigenvalue weighted by Gasteiger charge is 2.47. The molecule has 382 valence electrons. The summed E-state index contributed by atoms with van der Waals surface area (Å²) in [6, 6.07) is -1.04. The number of nitrogens with one attached hydrogen (secondary N) is 1. The first-order valence-electron chi connectivity index (χ1n) is 26.1. The van der Waals surface area contributed by atoms with Crippen molar-refractivity contribution in [2.45, 2.75) is 230 Å². The zero-order chi connectivity index (χ0) is 49.0. The number of hydrogen-bond acceptors (Lipinski definition) is 10. The monoisotopic (exact) mass is 940 g/mol. The molecule has 1 amide bonds. The highest BCUT2D eigenvalue weighted by Crippen LogP contribution is 2.26. The lowest BCUT2D eigenvalue weighted by Crippen LogP contribution is -2.61. The maximum atomic E-state index is 13.3. The van der Waals surface area contributed by atoms with Crippen molar-refractivity contribution in [3.63, 3.8) is 0 Å². The van der Waals surface area contributed by atoms with Gasteiger partial charge in [-0.05, 0) is 64.2 Å². The largest absolute Gasteiger partial charge is 0.454 e. The Morgan fingerprint density at radius 2 is 1.07 bits per heavy atom. The second-order valence-corrected chi connectivity index (χ2v) is 17.6. The van der Waals surface area contributed by atoms with Gasteiger partial charge in [-0.1, -0.05) is 208 Å². The number of unbranched alkanes of at least 4 members (excludes halogenated alkanes) is 18. The SMILES string of the molecule is CC/C=C/C=C/C=C\CCCCCCCC(=O)OC1C(OCC(NC(=O)C(O)CCCCCC\C=C/C=C/C=C/C=C/CC)C(O)/C=C/CCCCCCCCCCC)OC(CO)C(O)C1O. The molecule has 1 saturated heterocycles. The quantitative estimate of drug-likeness (QED) is 0.0150. The smallest absolute Gasteiger partial charge is 0.306 e. The summed E-state index contributed by atoms with van der Waals surface area (Å²) in [5.74, 6) is -1.25. The Hall–Kier alpha value is -3.42. The molecule has 0 aliphatic carbocycles. The first-order valence-corrected chi connectivity index (χ1v) is 26.1. The Morgan fingerprint density at radius 3 is 1.61 bits per heavy atom. The van der Waals surface area contributed by atoms with E-state index in [1.807, 2.05) is 66.8 Å². The number of aliphatic hydroxyl groups excluding tert-OH is 5. The second kappa shape index (κ2) is 43.8. The van der Waals surface area contributed by atoms with E-state index in [0.717, 1.165) is 96.3 Å². The molecule has 0 aromatic heterocycles. The van der Waals surface area contributed by atoms with Crippen molar-refractivity contribution in [1.82, 2.24) is 5.32 Å². The maximum absolute atomic E-state index is 13.3. The van der Waals surface area contributed by atoms with Gasteiger partial charge in [-0.2, -0.15) is 0 Å². The summed E-state index contributed by atoms with van der Waals surface area (Å²) >= 11 is 0. The van der Waals surface area contributed by atoms with Gasteiger partial charge in [-0.25, -0.2) is 0 Å². The van der Waals surface area contributed by atoms with E-state index in [2.05, 4.69) is 50.4 Å². The standard InChI is InChI=1S/C56H93NO10/c1-4-7-10-13-16-19-22-24-26-28-31-34-37-40-43-49(60)55(64)57-47(48(59)42-39-36-33-30-27-21-18-15-12-9-6-3)46-65-56-54(53(63)52(62)50(45-58)66-56)67-51(61)44-41-38-35-32-29-25-23-20-17-14-11-8-5-2/h7-8,10-11,13-14,16-17,19-20,22-24,26,39,42,47-50,52-54,56,58-60,62-63H,4-6,9,12,15,18,21,25,27-38,40-41,43-46H2,1-3H3,(H,57,64)/b10-7+,11-8+,16-13+,17-14+,22-19+,23-20-,26-24-,42-39+. The molecule has 1 aliphatic rings. The Morgan fingerprint density at radius 1 is 0.597 bits per heavy atom. The van der Waals surface area contributed by atoms with Crippen LogP contribution in [0, 0.1) is 0 Å². The van der Waals surface area contributed by atoms with Crippen molar-refractivity contribution >= 4 is 11.9 Å². The molecule has 1 aliphatic heterocycles. The molecule has 1 heterocycles. The first-order chi connectivity index (χ1) is 32.7. The first kappa shape index (κ1) is 61.6. The predicted molar refractivity (Wildman–Crippen MR) is 273 cm³/mol. The van der Waals surface area contributed by atoms with Gasteiger partial charge in [-0.3, -0.25) is 9.59 Å². The molecule has 67 heavy (non-hydrogen) atoms. The fourth-order valence-corrected chi connectivity index (χ4v) is 7.48. The number of hydrogen-bond donors (Lipinski definition) is 6. The molecule has 8 unspecified atom stereocenters. The number of aliphatic hydroxyl groups is 5. The molecule has 1 rings (SSSR count). The van der Waals surface area contributed by atoms with Crippen LogP contribution < -0.4 is 5.32 Å². The molecule has 0 bridgehead atoms. The van der Waals surface area contributed by atoms with Crippen molar-refractivity contribution in [1.29, 1.82) is 0 Å². The van der Waals surface area contributed by atoms with Crippen LogP contribution in [0.4, 0.5) is 0 Å². The third-order valence-electron chi connectivity index (χ3n) is 11.6. The van der Waals surface area contributed by atoms with Gasteiger partial charge in [0.1, 0.15) is 24.4 Å². The number of amides is 1. The van der Waals surface area contributed by atoms with Gasteiger partial charge in [0.25, 0.3) is 0 Å². The summed E-state index contributed by atoms with van der Waals surface area (Å²) in [6.07, 6.45) is 46.0. The van der Waals surface area contributed by atoms with E-state index in [9.17, 15) is 35.1 Å². The zero-order valence-corrected chi connectivity index (χ0v) is 41.7. The molecular formula is C56H93NO10. The van der Waals surface area contributed by atoms with E-state index < -0.39 is 67.4 Å². The fourth-order valence-electron chi connectivity index (χ4n) is 7.48. The van der Waals surface area contributed by atoms with Crippen LogP contribution in [0.5, 0.6) is 0 Å². The zero-order valence-electron chi connectivity index (χ0n) is 41.7. The van der Waals surface area contributed by atoms with Crippen molar-refractivity contribution in [3.8, 4) is 0 Å². The molecule has 6 N–H and O–H groups in total. The van der Waals surface area contributed by atoms with Crippen LogP contribution in [0.2, 0.25) is 0 Å². The number of carbonyl (C=O) groups excluding carboxylic acids is 2. The third-order valence-corrected chi connectivity index (χ3v) is 11.6. The van der Waals surface area contributed by atoms with Crippen LogP contribution >= 0.6 is 0 Å². The Labute approximate surface area is 405 Å². The van der Waals surface area contributed by atoms with Gasteiger partial charge >= 0.3 is 5.97 Å². The van der Waals surface area contributed by atoms with E-state index >= 15 is 0 Å². The molecule has 0 aromatic carbocycles. The van der Waals surface area contributed by atoms with E-state index in [-0.39, 0.29) is 19.4 Å². The maximum Gasteiger partial charge on any atom is 0.306 e. The third kappa shape index (κ3) is 32.9. The second-order valence-electron chi connectivity index (χ2n) is 17.6. The number of allylic oxidation sites excluding steroid dienone is 15. The summed E-state index contributed by atoms with van der Waals surface area (Å²) < 4.78 is 17.5. The van der Waals surface area contributed by atoms with Crippen molar-refractivity contribution in [2.75, 3.05) is 13.2 Å². The van der Waals surface area contributed by atoms with Crippen LogP contribution in [-0.4, -0.2) is 99.6 Å². The highest BCUT2D eigenvalue weighted by molar-refractivity contribution is 5.80. The molecule has 0 aromatic rings. The minimum absolute atomic E-state index is 0.0920. The molecule has 0 spiro atoms. The minimum Gasteiger partial charge on any atom is -0.454 e. The lowest BCUT2D eigenvalue weighted by Gasteiger charge is -2.41. The normalized spacial score (nSPS) is 20.9. The summed E-state index contributed by atoms with van der Waals surface area (Å²) in [6.45, 7) is 5.43. The van der Waals surface area contributed by atoms with Gasteiger partial charge in [-0.15, -0.1) is 0 Å². The van der Waals surface area contributed by atoms with Crippen molar-refractivity contribution in [3.05, 3.63) is 97.2 Å². The summed E-state index contributed by atoms with van der Waals surface area (Å²) in [5, 5.41) is 56.6. The van der Waals surface area contributed by atoms with Gasteiger partial charge in [0.05, 0.1) is 25.4 Å². The van der Waals surface area contributed by atoms with Gasteiger partial charge < -0.3 is 45.1 Å². The predicted octanol–water partition coefficient (Wildman–Crippen LogP) is 10.8. The molecule has 8 atom stereocenters. The Bertz CT molecular complexity index is 1450. The summed E-state index contributed by atoms with van der Waals surface area (Å²) in [5.41, 5.74) is 0.